The molecule has 0 aromatic heterocycles. The first kappa shape index (κ1) is 26.5. The van der Waals surface area contributed by atoms with Crippen LogP contribution in [0.25, 0.3) is 0 Å². The van der Waals surface area contributed by atoms with Gasteiger partial charge in [-0.05, 0) is 55.6 Å². The number of hydrogen-bond acceptors (Lipinski definition) is 7. The average Bonchev–Trinajstić information content (AvgIpc) is 3.55. The van der Waals surface area contributed by atoms with Crippen molar-refractivity contribution in [3.05, 3.63) is 35.5 Å². The molecule has 1 fully saturated rings. The summed E-state index contributed by atoms with van der Waals surface area (Å²) < 4.78 is 26.7. The molecule has 0 saturated heterocycles. The van der Waals surface area contributed by atoms with Crippen LogP contribution in [0.4, 0.5) is 5.69 Å². The maximum absolute atomic E-state index is 12.5. The van der Waals surface area contributed by atoms with Crippen molar-refractivity contribution in [3.8, 4) is 0 Å². The lowest BCUT2D eigenvalue weighted by Crippen LogP contribution is -2.35. The van der Waals surface area contributed by atoms with E-state index in [1.807, 2.05) is 6.92 Å². The Hall–Kier alpha value is -2.76. The van der Waals surface area contributed by atoms with E-state index in [-0.39, 0.29) is 29.9 Å². The monoisotopic (exact) mass is 479 g/mol. The predicted octanol–water partition coefficient (Wildman–Crippen LogP) is 1.94. The molecule has 0 radical (unpaired) electrons. The van der Waals surface area contributed by atoms with Crippen LogP contribution in [0.1, 0.15) is 45.1 Å². The Labute approximate surface area is 195 Å². The van der Waals surface area contributed by atoms with Crippen LogP contribution in [-0.2, 0) is 19.6 Å². The third-order valence-corrected chi connectivity index (χ3v) is 6.34. The molecule has 10 nitrogen and oxygen atoms in total. The molecule has 1 aliphatic carbocycles. The zero-order chi connectivity index (χ0) is 24.4. The molecule has 5 N–H and O–H groups in total. The summed E-state index contributed by atoms with van der Waals surface area (Å²) in [5, 5.41) is 17.3. The highest BCUT2D eigenvalue weighted by molar-refractivity contribution is 7.89. The number of carbonyl (C=O) groups is 2. The molecule has 2 aliphatic rings. The van der Waals surface area contributed by atoms with E-state index in [0.29, 0.717) is 16.9 Å². The maximum Gasteiger partial charge on any atom is 0.304 e. The fourth-order valence-corrected chi connectivity index (χ4v) is 3.77. The third-order valence-electron chi connectivity index (χ3n) is 4.88. The summed E-state index contributed by atoms with van der Waals surface area (Å²) in [6.07, 6.45) is 6.43. The van der Waals surface area contributed by atoms with Gasteiger partial charge in [0.25, 0.3) is 5.91 Å². The van der Waals surface area contributed by atoms with Gasteiger partial charge in [0.05, 0.1) is 17.7 Å². The fraction of sp³-hybridized carbons (Fsp3) is 0.500. The van der Waals surface area contributed by atoms with Gasteiger partial charge in [0.1, 0.15) is 11.9 Å². The molecule has 1 unspecified atom stereocenters. The van der Waals surface area contributed by atoms with Crippen LogP contribution in [0.2, 0.25) is 0 Å². The van der Waals surface area contributed by atoms with Gasteiger partial charge in [-0.2, -0.15) is 0 Å². The van der Waals surface area contributed by atoms with Crippen molar-refractivity contribution in [1.29, 1.82) is 0 Å². The molecule has 1 saturated carbocycles. The summed E-state index contributed by atoms with van der Waals surface area (Å²) in [7, 11) is -3.84. The number of rotatable bonds is 10. The predicted molar refractivity (Wildman–Crippen MR) is 127 cm³/mol. The summed E-state index contributed by atoms with van der Waals surface area (Å²) in [5.41, 5.74) is 1.34. The number of aryl methyl sites for hydroxylation is 1. The largest absolute Gasteiger partial charge is 0.481 e. The van der Waals surface area contributed by atoms with E-state index in [9.17, 15) is 18.0 Å². The Morgan fingerprint density at radius 2 is 1.94 bits per heavy atom. The Morgan fingerprint density at radius 3 is 2.52 bits per heavy atom. The number of carbonyl (C=O) groups excluding carboxylic acids is 1. The molecule has 182 valence electrons. The fourth-order valence-electron chi connectivity index (χ4n) is 2.66. The zero-order valence-electron chi connectivity index (χ0n) is 19.2. The van der Waals surface area contributed by atoms with Crippen molar-refractivity contribution in [2.24, 2.45) is 10.9 Å². The SMILES string of the molecule is CC1CC1.CCCNC1C=C(C(=O)Nc2ccc(S(=O)(=O)NCCC(=O)O)cc2C)NC=N1. The number of sulfonamides is 1. The van der Waals surface area contributed by atoms with E-state index < -0.39 is 16.0 Å². The van der Waals surface area contributed by atoms with Gasteiger partial charge in [0.2, 0.25) is 10.0 Å². The molecule has 1 atom stereocenters. The summed E-state index contributed by atoms with van der Waals surface area (Å²) >= 11 is 0. The lowest BCUT2D eigenvalue weighted by atomic mass is 10.2. The molecule has 1 heterocycles. The average molecular weight is 480 g/mol. The lowest BCUT2D eigenvalue weighted by molar-refractivity contribution is -0.136. The molecular formula is C22H33N5O5S. The highest BCUT2D eigenvalue weighted by Gasteiger charge is 2.18. The van der Waals surface area contributed by atoms with Gasteiger partial charge < -0.3 is 15.7 Å². The minimum absolute atomic E-state index is 0.00985. The van der Waals surface area contributed by atoms with Crippen LogP contribution in [-0.4, -0.2) is 51.0 Å². The smallest absolute Gasteiger partial charge is 0.304 e. The molecule has 1 aromatic carbocycles. The lowest BCUT2D eigenvalue weighted by Gasteiger charge is -2.18. The molecule has 0 bridgehead atoms. The van der Waals surface area contributed by atoms with E-state index in [0.717, 1.165) is 18.9 Å². The van der Waals surface area contributed by atoms with Crippen molar-refractivity contribution >= 4 is 33.9 Å². The number of anilines is 1. The highest BCUT2D eigenvalue weighted by atomic mass is 32.2. The first-order valence-electron chi connectivity index (χ1n) is 11.0. The van der Waals surface area contributed by atoms with Crippen LogP contribution in [0, 0.1) is 12.8 Å². The van der Waals surface area contributed by atoms with Gasteiger partial charge in [-0.1, -0.05) is 26.7 Å². The quantitative estimate of drug-likeness (QED) is 0.344. The topological polar surface area (TPSA) is 149 Å². The van der Waals surface area contributed by atoms with Crippen molar-refractivity contribution in [2.75, 3.05) is 18.4 Å². The zero-order valence-corrected chi connectivity index (χ0v) is 20.0. The number of amides is 1. The first-order valence-corrected chi connectivity index (χ1v) is 12.5. The van der Waals surface area contributed by atoms with E-state index in [4.69, 9.17) is 5.11 Å². The third kappa shape index (κ3) is 9.32. The normalized spacial score (nSPS) is 17.3. The minimum Gasteiger partial charge on any atom is -0.481 e. The second kappa shape index (κ2) is 12.5. The maximum atomic E-state index is 12.5. The Kier molecular flexibility index (Phi) is 10.0. The number of aliphatic carboxylic acids is 1. The number of aliphatic imine (C=N–C) groups is 1. The minimum atomic E-state index is -3.84. The number of hydrogen-bond donors (Lipinski definition) is 5. The number of benzene rings is 1. The molecule has 1 aromatic rings. The number of carboxylic acid groups (broad SMARTS) is 1. The van der Waals surface area contributed by atoms with Gasteiger partial charge >= 0.3 is 5.97 Å². The van der Waals surface area contributed by atoms with E-state index in [1.54, 1.807) is 13.0 Å². The van der Waals surface area contributed by atoms with Gasteiger partial charge in [-0.15, -0.1) is 0 Å². The molecule has 1 amide bonds. The summed E-state index contributed by atoms with van der Waals surface area (Å²) in [4.78, 5) is 27.2. The number of nitrogens with one attached hydrogen (secondary N) is 4. The first-order chi connectivity index (χ1) is 15.6. The molecule has 1 aliphatic heterocycles. The molecule has 11 heteroatoms. The van der Waals surface area contributed by atoms with Crippen molar-refractivity contribution < 1.29 is 23.1 Å². The van der Waals surface area contributed by atoms with Crippen molar-refractivity contribution in [2.45, 2.75) is 57.5 Å². The Balaban J connectivity index is 0.000000866. The van der Waals surface area contributed by atoms with Crippen LogP contribution < -0.4 is 20.7 Å². The molecule has 33 heavy (non-hydrogen) atoms. The Bertz CT molecular complexity index is 1000. The van der Waals surface area contributed by atoms with Gasteiger partial charge in [0, 0.05) is 12.2 Å². The van der Waals surface area contributed by atoms with Crippen molar-refractivity contribution in [3.63, 3.8) is 0 Å². The Morgan fingerprint density at radius 1 is 1.24 bits per heavy atom. The van der Waals surface area contributed by atoms with E-state index >= 15 is 0 Å². The number of nitrogens with zero attached hydrogens (tertiary/aromatic N) is 1. The van der Waals surface area contributed by atoms with E-state index in [2.05, 4.69) is 32.6 Å². The van der Waals surface area contributed by atoms with Crippen LogP contribution in [0.5, 0.6) is 0 Å². The second-order valence-electron chi connectivity index (χ2n) is 8.06. The van der Waals surface area contributed by atoms with Crippen LogP contribution >= 0.6 is 0 Å². The standard InChI is InChI=1S/C18H25N5O5S.C4H8/c1-3-7-19-16-10-15(20-11-21-16)18(26)23-14-5-4-13(9-12(14)2)29(27,28)22-8-6-17(24)25;1-4-2-3-4/h4-5,9-11,16,19,22H,3,6-8H2,1-2H3,(H,20,21)(H,23,26)(H,24,25);4H,2-3H2,1H3. The molecule has 0 spiro atoms. The highest BCUT2D eigenvalue weighted by Crippen LogP contribution is 2.26. The van der Waals surface area contributed by atoms with Crippen LogP contribution in [0.15, 0.2) is 39.9 Å². The molecular weight excluding hydrogens is 446 g/mol. The van der Waals surface area contributed by atoms with E-state index in [1.165, 1.54) is 37.4 Å². The second-order valence-corrected chi connectivity index (χ2v) is 9.82. The van der Waals surface area contributed by atoms with Gasteiger partial charge in [-0.25, -0.2) is 13.1 Å². The summed E-state index contributed by atoms with van der Waals surface area (Å²) in [6, 6.07) is 4.25. The van der Waals surface area contributed by atoms with Gasteiger partial charge in [0.15, 0.2) is 0 Å². The summed E-state index contributed by atoms with van der Waals surface area (Å²) in [6.45, 7) is 6.54. The van der Waals surface area contributed by atoms with Crippen LogP contribution in [0.3, 0.4) is 0 Å². The van der Waals surface area contributed by atoms with Gasteiger partial charge in [-0.3, -0.25) is 19.9 Å². The molecule has 3 rings (SSSR count). The van der Waals surface area contributed by atoms with Crippen molar-refractivity contribution in [1.82, 2.24) is 15.4 Å². The summed E-state index contributed by atoms with van der Waals surface area (Å²) in [5.74, 6) is -0.387. The number of carboxylic acids is 1.